The fourth-order valence-electron chi connectivity index (χ4n) is 2.08. The molecule has 0 radical (unpaired) electrons. The summed E-state index contributed by atoms with van der Waals surface area (Å²) in [7, 11) is 3.30. The Hall–Kier alpha value is -2.10. The number of ether oxygens (including phenoxy) is 2. The van der Waals surface area contributed by atoms with Crippen LogP contribution < -0.4 is 14.9 Å². The molecular weight excluding hydrogens is 240 g/mol. The second-order valence-corrected chi connectivity index (χ2v) is 4.51. The predicted octanol–water partition coefficient (Wildman–Crippen LogP) is 2.68. The number of hydrogen-bond acceptors (Lipinski definition) is 3. The molecule has 0 aliphatic rings. The molecule has 1 unspecified atom stereocenters. The molecule has 4 nitrogen and oxygen atoms in total. The van der Waals surface area contributed by atoms with Gasteiger partial charge < -0.3 is 14.9 Å². The van der Waals surface area contributed by atoms with Crippen LogP contribution in [-0.4, -0.2) is 24.9 Å². The lowest BCUT2D eigenvalue weighted by molar-refractivity contribution is 0.354. The SMILES string of the molecule is COc1ccc(CC(C)Nn2cccc2)cc1OC. The van der Waals surface area contributed by atoms with Crippen LogP contribution in [0.25, 0.3) is 0 Å². The number of benzene rings is 1. The molecule has 102 valence electrons. The minimum Gasteiger partial charge on any atom is -0.493 e. The number of hydrogen-bond donors (Lipinski definition) is 1. The third-order valence-corrected chi connectivity index (χ3v) is 2.96. The van der Waals surface area contributed by atoms with Crippen molar-refractivity contribution in [2.75, 3.05) is 19.6 Å². The Morgan fingerprint density at radius 1 is 1.11 bits per heavy atom. The molecule has 19 heavy (non-hydrogen) atoms. The van der Waals surface area contributed by atoms with Crippen LogP contribution in [0.5, 0.6) is 11.5 Å². The van der Waals surface area contributed by atoms with Crippen molar-refractivity contribution in [3.8, 4) is 11.5 Å². The topological polar surface area (TPSA) is 35.4 Å². The molecule has 0 saturated heterocycles. The Morgan fingerprint density at radius 2 is 1.79 bits per heavy atom. The second-order valence-electron chi connectivity index (χ2n) is 4.51. The van der Waals surface area contributed by atoms with Gasteiger partial charge in [-0.2, -0.15) is 0 Å². The number of methoxy groups -OCH3 is 2. The smallest absolute Gasteiger partial charge is 0.160 e. The van der Waals surface area contributed by atoms with Gasteiger partial charge in [-0.3, -0.25) is 4.68 Å². The van der Waals surface area contributed by atoms with E-state index in [-0.39, 0.29) is 0 Å². The van der Waals surface area contributed by atoms with E-state index in [0.717, 1.165) is 17.9 Å². The number of nitrogens with zero attached hydrogens (tertiary/aromatic N) is 1. The lowest BCUT2D eigenvalue weighted by atomic mass is 10.1. The average molecular weight is 260 g/mol. The zero-order valence-electron chi connectivity index (χ0n) is 11.6. The number of rotatable bonds is 6. The predicted molar refractivity (Wildman–Crippen MR) is 76.5 cm³/mol. The zero-order chi connectivity index (χ0) is 13.7. The van der Waals surface area contributed by atoms with Crippen LogP contribution in [0.3, 0.4) is 0 Å². The summed E-state index contributed by atoms with van der Waals surface area (Å²) in [4.78, 5) is 0. The lowest BCUT2D eigenvalue weighted by Gasteiger charge is -2.17. The fourth-order valence-corrected chi connectivity index (χ4v) is 2.08. The summed E-state index contributed by atoms with van der Waals surface area (Å²) in [5.74, 6) is 1.53. The summed E-state index contributed by atoms with van der Waals surface area (Å²) in [5.41, 5.74) is 4.59. The first kappa shape index (κ1) is 13.3. The third-order valence-electron chi connectivity index (χ3n) is 2.96. The average Bonchev–Trinajstić information content (AvgIpc) is 2.91. The normalized spacial score (nSPS) is 11.9. The van der Waals surface area contributed by atoms with E-state index < -0.39 is 0 Å². The van der Waals surface area contributed by atoms with Gasteiger partial charge in [-0.25, -0.2) is 0 Å². The van der Waals surface area contributed by atoms with Gasteiger partial charge in [-0.05, 0) is 43.2 Å². The summed E-state index contributed by atoms with van der Waals surface area (Å²) in [6, 6.07) is 10.3. The molecule has 1 atom stereocenters. The molecule has 0 fully saturated rings. The maximum atomic E-state index is 5.31. The first-order valence-corrected chi connectivity index (χ1v) is 6.33. The van der Waals surface area contributed by atoms with Gasteiger partial charge in [0.2, 0.25) is 0 Å². The molecule has 0 aliphatic heterocycles. The Labute approximate surface area is 113 Å². The van der Waals surface area contributed by atoms with Crippen molar-refractivity contribution in [1.82, 2.24) is 4.68 Å². The van der Waals surface area contributed by atoms with E-state index in [4.69, 9.17) is 9.47 Å². The van der Waals surface area contributed by atoms with Gasteiger partial charge in [-0.1, -0.05) is 6.07 Å². The molecule has 1 aromatic carbocycles. The van der Waals surface area contributed by atoms with Gasteiger partial charge in [-0.15, -0.1) is 0 Å². The highest BCUT2D eigenvalue weighted by Gasteiger charge is 2.07. The van der Waals surface area contributed by atoms with Gasteiger partial charge in [0.05, 0.1) is 14.2 Å². The van der Waals surface area contributed by atoms with Gasteiger partial charge >= 0.3 is 0 Å². The fraction of sp³-hybridized carbons (Fsp3) is 0.333. The van der Waals surface area contributed by atoms with Crippen LogP contribution in [0.1, 0.15) is 12.5 Å². The van der Waals surface area contributed by atoms with Gasteiger partial charge in [0.1, 0.15) is 0 Å². The Balaban J connectivity index is 2.02. The standard InChI is InChI=1S/C15H20N2O2/c1-12(16-17-8-4-5-9-17)10-13-6-7-14(18-2)15(11-13)19-3/h4-9,11-12,16H,10H2,1-3H3. The summed E-state index contributed by atoms with van der Waals surface area (Å²) in [6.45, 7) is 2.15. The Bertz CT molecular complexity index is 509. The molecule has 2 rings (SSSR count). The first-order chi connectivity index (χ1) is 9.22. The van der Waals surface area contributed by atoms with E-state index in [1.165, 1.54) is 5.56 Å². The van der Waals surface area contributed by atoms with Crippen LogP contribution in [0.15, 0.2) is 42.7 Å². The van der Waals surface area contributed by atoms with Crippen molar-refractivity contribution < 1.29 is 9.47 Å². The lowest BCUT2D eigenvalue weighted by Crippen LogP contribution is -2.25. The summed E-state index contributed by atoms with van der Waals surface area (Å²) >= 11 is 0. The molecule has 4 heteroatoms. The molecule has 1 aromatic heterocycles. The van der Waals surface area contributed by atoms with Crippen LogP contribution >= 0.6 is 0 Å². The highest BCUT2D eigenvalue weighted by Crippen LogP contribution is 2.27. The molecule has 0 saturated carbocycles. The van der Waals surface area contributed by atoms with E-state index in [1.54, 1.807) is 14.2 Å². The van der Waals surface area contributed by atoms with E-state index >= 15 is 0 Å². The summed E-state index contributed by atoms with van der Waals surface area (Å²) in [5, 5.41) is 0. The highest BCUT2D eigenvalue weighted by molar-refractivity contribution is 5.43. The van der Waals surface area contributed by atoms with Crippen LogP contribution in [0.4, 0.5) is 0 Å². The monoisotopic (exact) mass is 260 g/mol. The zero-order valence-corrected chi connectivity index (χ0v) is 11.6. The number of nitrogens with one attached hydrogen (secondary N) is 1. The largest absolute Gasteiger partial charge is 0.493 e. The molecule has 0 spiro atoms. The van der Waals surface area contributed by atoms with Crippen LogP contribution in [-0.2, 0) is 6.42 Å². The first-order valence-electron chi connectivity index (χ1n) is 6.33. The van der Waals surface area contributed by atoms with E-state index in [9.17, 15) is 0 Å². The maximum absolute atomic E-state index is 5.31. The second kappa shape index (κ2) is 6.18. The van der Waals surface area contributed by atoms with Crippen molar-refractivity contribution >= 4 is 0 Å². The molecule has 1 N–H and O–H groups in total. The molecule has 0 bridgehead atoms. The van der Waals surface area contributed by atoms with Gasteiger partial charge in [0, 0.05) is 18.4 Å². The van der Waals surface area contributed by atoms with Gasteiger partial charge in [0.25, 0.3) is 0 Å². The van der Waals surface area contributed by atoms with Crippen molar-refractivity contribution in [2.24, 2.45) is 0 Å². The minimum atomic E-state index is 0.325. The summed E-state index contributed by atoms with van der Waals surface area (Å²) < 4.78 is 12.5. The van der Waals surface area contributed by atoms with Gasteiger partial charge in [0.15, 0.2) is 11.5 Å². The van der Waals surface area contributed by atoms with E-state index in [0.29, 0.717) is 6.04 Å². The van der Waals surface area contributed by atoms with Crippen LogP contribution in [0, 0.1) is 0 Å². The molecule has 2 aromatic rings. The van der Waals surface area contributed by atoms with E-state index in [2.05, 4.69) is 18.4 Å². The minimum absolute atomic E-state index is 0.325. The van der Waals surface area contributed by atoms with Crippen molar-refractivity contribution in [2.45, 2.75) is 19.4 Å². The van der Waals surface area contributed by atoms with Crippen molar-refractivity contribution in [1.29, 1.82) is 0 Å². The third kappa shape index (κ3) is 3.44. The highest BCUT2D eigenvalue weighted by atomic mass is 16.5. The van der Waals surface area contributed by atoms with Crippen LogP contribution in [0.2, 0.25) is 0 Å². The number of aromatic nitrogens is 1. The quantitative estimate of drug-likeness (QED) is 0.867. The Kier molecular flexibility index (Phi) is 4.34. The summed E-state index contributed by atoms with van der Waals surface area (Å²) in [6.07, 6.45) is 4.90. The van der Waals surface area contributed by atoms with E-state index in [1.807, 2.05) is 41.3 Å². The maximum Gasteiger partial charge on any atom is 0.160 e. The molecular formula is C15H20N2O2. The van der Waals surface area contributed by atoms with Crippen molar-refractivity contribution in [3.63, 3.8) is 0 Å². The molecule has 1 heterocycles. The van der Waals surface area contributed by atoms with Crippen molar-refractivity contribution in [3.05, 3.63) is 48.3 Å². The molecule has 0 aliphatic carbocycles. The Morgan fingerprint density at radius 3 is 2.42 bits per heavy atom. The molecule has 0 amide bonds.